The van der Waals surface area contributed by atoms with Crippen LogP contribution in [-0.4, -0.2) is 40.0 Å². The summed E-state index contributed by atoms with van der Waals surface area (Å²) >= 11 is 1.62. The summed E-state index contributed by atoms with van der Waals surface area (Å²) in [7, 11) is 1.64. The van der Waals surface area contributed by atoms with E-state index in [2.05, 4.69) is 12.2 Å². The molecule has 1 aliphatic carbocycles. The van der Waals surface area contributed by atoms with Crippen molar-refractivity contribution in [3.63, 3.8) is 0 Å². The van der Waals surface area contributed by atoms with Gasteiger partial charge in [0.25, 0.3) is 5.91 Å². The number of nitrogens with zero attached hydrogens (tertiary/aromatic N) is 2. The van der Waals surface area contributed by atoms with Crippen LogP contribution in [0.15, 0.2) is 41.8 Å². The lowest BCUT2D eigenvalue weighted by atomic mass is 9.85. The van der Waals surface area contributed by atoms with E-state index in [1.807, 2.05) is 53.3 Å². The van der Waals surface area contributed by atoms with Crippen molar-refractivity contribution in [2.24, 2.45) is 5.92 Å². The molecule has 0 bridgehead atoms. The van der Waals surface area contributed by atoms with Crippen LogP contribution in [0.25, 0.3) is 10.2 Å². The van der Waals surface area contributed by atoms with Crippen molar-refractivity contribution in [3.8, 4) is 5.75 Å². The summed E-state index contributed by atoms with van der Waals surface area (Å²) in [6.07, 6.45) is 4.49. The lowest BCUT2D eigenvalue weighted by Gasteiger charge is -2.45. The van der Waals surface area contributed by atoms with Crippen molar-refractivity contribution < 1.29 is 14.3 Å². The predicted molar refractivity (Wildman–Crippen MR) is 131 cm³/mol. The zero-order valence-corrected chi connectivity index (χ0v) is 20.3. The quantitative estimate of drug-likeness (QED) is 0.588. The molecule has 1 aliphatic heterocycles. The molecule has 174 valence electrons. The summed E-state index contributed by atoms with van der Waals surface area (Å²) in [5.74, 6) is 1.05. The first-order valence-corrected chi connectivity index (χ1v) is 12.6. The second kappa shape index (κ2) is 8.52. The average Bonchev–Trinajstić information content (AvgIpc) is 3.41. The third-order valence-electron chi connectivity index (χ3n) is 7.47. The van der Waals surface area contributed by atoms with Gasteiger partial charge in [0.15, 0.2) is 0 Å². The Morgan fingerprint density at radius 3 is 2.70 bits per heavy atom. The van der Waals surface area contributed by atoms with Gasteiger partial charge in [-0.05, 0) is 60.9 Å². The number of carbonyl (C=O) groups is 2. The van der Waals surface area contributed by atoms with Gasteiger partial charge in [0.1, 0.15) is 17.0 Å². The van der Waals surface area contributed by atoms with Gasteiger partial charge in [-0.2, -0.15) is 0 Å². The van der Waals surface area contributed by atoms with Crippen molar-refractivity contribution in [2.75, 3.05) is 7.11 Å². The number of carbonyl (C=O) groups excluding carboxylic acids is 2. The van der Waals surface area contributed by atoms with Crippen molar-refractivity contribution in [1.82, 2.24) is 14.8 Å². The SMILES string of the molecule is COc1ccc(CN2C(=O)c3cc4sccc4n3C[C@]2(C)C(=O)NC2CCCCC2C)cc1. The lowest BCUT2D eigenvalue weighted by molar-refractivity contribution is -0.134. The van der Waals surface area contributed by atoms with Crippen LogP contribution in [0.2, 0.25) is 0 Å². The van der Waals surface area contributed by atoms with Crippen molar-refractivity contribution in [2.45, 2.75) is 64.2 Å². The summed E-state index contributed by atoms with van der Waals surface area (Å²) in [5.41, 5.74) is 1.66. The number of rotatable bonds is 5. The number of aromatic nitrogens is 1. The lowest BCUT2D eigenvalue weighted by Crippen LogP contribution is -2.65. The summed E-state index contributed by atoms with van der Waals surface area (Å²) < 4.78 is 8.39. The number of thiophene rings is 1. The molecule has 1 N–H and O–H groups in total. The van der Waals surface area contributed by atoms with Crippen molar-refractivity contribution in [3.05, 3.63) is 53.0 Å². The zero-order chi connectivity index (χ0) is 23.2. The minimum Gasteiger partial charge on any atom is -0.497 e. The van der Waals surface area contributed by atoms with Crippen LogP contribution in [0, 0.1) is 5.92 Å². The number of hydrogen-bond acceptors (Lipinski definition) is 4. The van der Waals surface area contributed by atoms with E-state index in [1.54, 1.807) is 23.3 Å². The summed E-state index contributed by atoms with van der Waals surface area (Å²) in [6.45, 7) is 4.94. The fraction of sp³-hybridized carbons (Fsp3) is 0.462. The molecule has 2 aromatic heterocycles. The van der Waals surface area contributed by atoms with Gasteiger partial charge >= 0.3 is 0 Å². The monoisotopic (exact) mass is 465 g/mol. The molecule has 7 heteroatoms. The van der Waals surface area contributed by atoms with E-state index in [1.165, 1.54) is 6.42 Å². The van der Waals surface area contributed by atoms with Gasteiger partial charge in [-0.1, -0.05) is 31.9 Å². The largest absolute Gasteiger partial charge is 0.497 e. The number of ether oxygens (including phenoxy) is 1. The highest BCUT2D eigenvalue weighted by molar-refractivity contribution is 7.17. The number of hydrogen-bond donors (Lipinski definition) is 1. The molecule has 3 aromatic rings. The molecule has 1 fully saturated rings. The van der Waals surface area contributed by atoms with Gasteiger partial charge in [0.2, 0.25) is 5.91 Å². The van der Waals surface area contributed by atoms with Gasteiger partial charge in [0, 0.05) is 12.6 Å². The number of nitrogens with one attached hydrogen (secondary N) is 1. The summed E-state index contributed by atoms with van der Waals surface area (Å²) in [6, 6.07) is 11.9. The normalized spacial score (nSPS) is 25.2. The molecule has 33 heavy (non-hydrogen) atoms. The number of amides is 2. The second-order valence-electron chi connectivity index (χ2n) is 9.64. The molecule has 2 unspecified atom stereocenters. The van der Waals surface area contributed by atoms with Crippen LogP contribution in [0.3, 0.4) is 0 Å². The fourth-order valence-electron chi connectivity index (χ4n) is 5.29. The van der Waals surface area contributed by atoms with E-state index in [4.69, 9.17) is 4.74 Å². The highest BCUT2D eigenvalue weighted by Gasteiger charge is 2.48. The molecule has 3 heterocycles. The Hall–Kier alpha value is -2.80. The second-order valence-corrected chi connectivity index (χ2v) is 10.6. The Labute approximate surface area is 198 Å². The van der Waals surface area contributed by atoms with Crippen molar-refractivity contribution in [1.29, 1.82) is 0 Å². The Balaban J connectivity index is 1.51. The van der Waals surface area contributed by atoms with E-state index in [9.17, 15) is 9.59 Å². The molecule has 0 saturated heterocycles. The predicted octanol–water partition coefficient (Wildman–Crippen LogP) is 4.82. The van der Waals surface area contributed by atoms with E-state index in [-0.39, 0.29) is 17.9 Å². The molecular formula is C26H31N3O3S. The highest BCUT2D eigenvalue weighted by Crippen LogP contribution is 2.36. The maximum Gasteiger partial charge on any atom is 0.271 e. The average molecular weight is 466 g/mol. The molecule has 1 saturated carbocycles. The first kappa shape index (κ1) is 22.0. The molecule has 1 aromatic carbocycles. The molecular weight excluding hydrogens is 434 g/mol. The van der Waals surface area contributed by atoms with Crippen LogP contribution >= 0.6 is 11.3 Å². The highest BCUT2D eigenvalue weighted by atomic mass is 32.1. The van der Waals surface area contributed by atoms with Crippen LogP contribution in [0.1, 0.15) is 55.6 Å². The maximum atomic E-state index is 13.9. The van der Waals surface area contributed by atoms with Crippen LogP contribution in [0.5, 0.6) is 5.75 Å². The molecule has 2 aliphatic rings. The summed E-state index contributed by atoms with van der Waals surface area (Å²) in [4.78, 5) is 29.4. The maximum absolute atomic E-state index is 13.9. The topological polar surface area (TPSA) is 63.6 Å². The fourth-order valence-corrected chi connectivity index (χ4v) is 6.11. The van der Waals surface area contributed by atoms with Crippen LogP contribution in [0.4, 0.5) is 0 Å². The Morgan fingerprint density at radius 2 is 1.97 bits per heavy atom. The Kier molecular flexibility index (Phi) is 5.69. The summed E-state index contributed by atoms with van der Waals surface area (Å²) in [5, 5.41) is 5.37. The van der Waals surface area contributed by atoms with Gasteiger partial charge in [0.05, 0.1) is 23.9 Å². The third-order valence-corrected chi connectivity index (χ3v) is 8.32. The molecule has 0 spiro atoms. The molecule has 6 nitrogen and oxygen atoms in total. The smallest absolute Gasteiger partial charge is 0.271 e. The van der Waals surface area contributed by atoms with Gasteiger partial charge in [-0.3, -0.25) is 9.59 Å². The van der Waals surface area contributed by atoms with Crippen LogP contribution in [-0.2, 0) is 17.9 Å². The number of fused-ring (bicyclic) bond motifs is 3. The molecule has 5 rings (SSSR count). The van der Waals surface area contributed by atoms with E-state index in [0.29, 0.717) is 24.7 Å². The zero-order valence-electron chi connectivity index (χ0n) is 19.5. The van der Waals surface area contributed by atoms with Crippen LogP contribution < -0.4 is 10.1 Å². The Bertz CT molecular complexity index is 1180. The third kappa shape index (κ3) is 3.82. The number of methoxy groups -OCH3 is 1. The first-order valence-electron chi connectivity index (χ1n) is 11.7. The van der Waals surface area contributed by atoms with Gasteiger partial charge in [-0.25, -0.2) is 0 Å². The van der Waals surface area contributed by atoms with E-state index in [0.717, 1.165) is 40.8 Å². The molecule has 0 radical (unpaired) electrons. The van der Waals surface area contributed by atoms with Gasteiger partial charge in [-0.15, -0.1) is 11.3 Å². The molecule has 3 atom stereocenters. The van der Waals surface area contributed by atoms with Gasteiger partial charge < -0.3 is 19.5 Å². The Morgan fingerprint density at radius 1 is 1.21 bits per heavy atom. The molecule has 2 amide bonds. The standard InChI is InChI=1S/C26H31N3O3S/c1-17-6-4-5-7-20(17)27-25(31)26(2)16-28-21-12-13-33-23(21)14-22(28)24(30)29(26)15-18-8-10-19(32-3)11-9-18/h8-14,17,20H,4-7,15-16H2,1-3H3,(H,27,31)/t17?,20?,26-/m1/s1. The van der Waals surface area contributed by atoms with E-state index >= 15 is 0 Å². The van der Waals surface area contributed by atoms with E-state index < -0.39 is 5.54 Å². The first-order chi connectivity index (χ1) is 15.9. The minimum absolute atomic E-state index is 0.0640. The van der Waals surface area contributed by atoms with Crippen molar-refractivity contribution >= 4 is 33.4 Å². The minimum atomic E-state index is -0.991. The number of benzene rings is 1.